The van der Waals surface area contributed by atoms with Crippen molar-refractivity contribution in [2.75, 3.05) is 33.9 Å². The summed E-state index contributed by atoms with van der Waals surface area (Å²) in [4.78, 5) is 32.6. The zero-order valence-electron chi connectivity index (χ0n) is 15.4. The van der Waals surface area contributed by atoms with Crippen LogP contribution in [0.3, 0.4) is 0 Å². The van der Waals surface area contributed by atoms with Crippen LogP contribution < -0.4 is 0 Å². The minimum atomic E-state index is -0.147. The van der Waals surface area contributed by atoms with Crippen molar-refractivity contribution in [2.24, 2.45) is 5.92 Å². The number of rotatable bonds is 6. The lowest BCUT2D eigenvalue weighted by molar-refractivity contribution is -0.143. The Morgan fingerprint density at radius 3 is 3.04 bits per heavy atom. The number of carbonyl (C=O) groups excluding carboxylic acids is 2. The summed E-state index contributed by atoms with van der Waals surface area (Å²) in [5.41, 5.74) is 1.10. The van der Waals surface area contributed by atoms with Crippen LogP contribution in [0.1, 0.15) is 18.4 Å². The summed E-state index contributed by atoms with van der Waals surface area (Å²) in [6, 6.07) is 8.04. The lowest BCUT2D eigenvalue weighted by Gasteiger charge is -2.33. The minimum absolute atomic E-state index is 0.0889. The molecule has 0 spiro atoms. The van der Waals surface area contributed by atoms with Crippen molar-refractivity contribution in [2.45, 2.75) is 19.4 Å². The summed E-state index contributed by atoms with van der Waals surface area (Å²) < 4.78 is 5.06. The van der Waals surface area contributed by atoms with Gasteiger partial charge in [-0.15, -0.1) is 0 Å². The summed E-state index contributed by atoms with van der Waals surface area (Å²) in [5.74, 6) is 0.0486. The van der Waals surface area contributed by atoms with Crippen LogP contribution in [0.5, 0.6) is 0 Å². The van der Waals surface area contributed by atoms with E-state index >= 15 is 0 Å². The van der Waals surface area contributed by atoms with E-state index in [9.17, 15) is 9.59 Å². The minimum Gasteiger partial charge on any atom is -0.383 e. The Labute approximate surface area is 153 Å². The molecule has 138 valence electrons. The lowest BCUT2D eigenvalue weighted by atomic mass is 9.95. The first-order valence-corrected chi connectivity index (χ1v) is 8.93. The van der Waals surface area contributed by atoms with Crippen LogP contribution in [0.15, 0.2) is 36.7 Å². The summed E-state index contributed by atoms with van der Waals surface area (Å²) in [6.45, 7) is 2.05. The van der Waals surface area contributed by atoms with Crippen LogP contribution in [0.2, 0.25) is 0 Å². The molecule has 26 heavy (non-hydrogen) atoms. The third-order valence-electron chi connectivity index (χ3n) is 4.97. The fraction of sp³-hybridized carbons (Fsp3) is 0.450. The monoisotopic (exact) mass is 355 g/mol. The van der Waals surface area contributed by atoms with Gasteiger partial charge in [-0.05, 0) is 23.4 Å². The quantitative estimate of drug-likeness (QED) is 0.796. The molecule has 2 heterocycles. The number of fused-ring (bicyclic) bond motifs is 1. The zero-order valence-corrected chi connectivity index (χ0v) is 15.4. The first kappa shape index (κ1) is 18.3. The van der Waals surface area contributed by atoms with Crippen molar-refractivity contribution in [3.63, 3.8) is 0 Å². The second-order valence-electron chi connectivity index (χ2n) is 6.78. The maximum Gasteiger partial charge on any atom is 0.227 e. The van der Waals surface area contributed by atoms with E-state index in [-0.39, 0.29) is 17.7 Å². The number of carbonyl (C=O) groups is 2. The van der Waals surface area contributed by atoms with Crippen LogP contribution in [-0.2, 0) is 20.9 Å². The van der Waals surface area contributed by atoms with E-state index in [1.807, 2.05) is 37.5 Å². The van der Waals surface area contributed by atoms with Crippen molar-refractivity contribution in [1.29, 1.82) is 0 Å². The van der Waals surface area contributed by atoms with Crippen molar-refractivity contribution < 1.29 is 14.3 Å². The number of hydrogen-bond acceptors (Lipinski definition) is 4. The van der Waals surface area contributed by atoms with Gasteiger partial charge in [-0.3, -0.25) is 14.6 Å². The smallest absolute Gasteiger partial charge is 0.227 e. The van der Waals surface area contributed by atoms with Crippen molar-refractivity contribution in [3.05, 3.63) is 42.2 Å². The Hall–Kier alpha value is -2.47. The van der Waals surface area contributed by atoms with Crippen molar-refractivity contribution >= 4 is 22.6 Å². The molecule has 0 N–H and O–H groups in total. The number of aromatic nitrogens is 1. The molecule has 1 unspecified atom stereocenters. The number of likely N-dealkylation sites (tertiary alicyclic amines) is 1. The third-order valence-corrected chi connectivity index (χ3v) is 4.97. The standard InChI is InChI=1S/C20H25N3O3/c1-22(13-16-5-3-4-15-12-21-9-8-18(15)16)20(25)17-6-7-19(24)23(14-17)10-11-26-2/h3-5,8-9,12,17H,6-7,10-11,13-14H2,1-2H3. The fourth-order valence-electron chi connectivity index (χ4n) is 3.51. The molecule has 6 heteroatoms. The van der Waals surface area contributed by atoms with Gasteiger partial charge in [0.05, 0.1) is 12.5 Å². The first-order valence-electron chi connectivity index (χ1n) is 8.93. The highest BCUT2D eigenvalue weighted by atomic mass is 16.5. The Balaban J connectivity index is 1.68. The molecule has 3 rings (SSSR count). The average Bonchev–Trinajstić information content (AvgIpc) is 2.67. The number of ether oxygens (including phenoxy) is 1. The number of nitrogens with zero attached hydrogens (tertiary/aromatic N) is 3. The number of benzene rings is 1. The highest BCUT2D eigenvalue weighted by Crippen LogP contribution is 2.22. The molecule has 1 aliphatic rings. The molecular formula is C20H25N3O3. The Morgan fingerprint density at radius 1 is 1.38 bits per heavy atom. The molecule has 1 saturated heterocycles. The van der Waals surface area contributed by atoms with E-state index in [4.69, 9.17) is 4.74 Å². The first-order chi connectivity index (χ1) is 12.6. The summed E-state index contributed by atoms with van der Waals surface area (Å²) in [5, 5.41) is 2.18. The highest BCUT2D eigenvalue weighted by Gasteiger charge is 2.31. The van der Waals surface area contributed by atoms with E-state index < -0.39 is 0 Å². The molecule has 1 atom stereocenters. The topological polar surface area (TPSA) is 62.7 Å². The molecule has 2 amide bonds. The molecule has 0 bridgehead atoms. The van der Waals surface area contributed by atoms with Gasteiger partial charge in [0.15, 0.2) is 0 Å². The van der Waals surface area contributed by atoms with Gasteiger partial charge in [0.25, 0.3) is 0 Å². The molecule has 0 saturated carbocycles. The maximum atomic E-state index is 12.9. The van der Waals surface area contributed by atoms with Gasteiger partial charge in [-0.25, -0.2) is 0 Å². The van der Waals surface area contributed by atoms with Gasteiger partial charge in [0.2, 0.25) is 11.8 Å². The van der Waals surface area contributed by atoms with Crippen LogP contribution in [-0.4, -0.2) is 60.5 Å². The van der Waals surface area contributed by atoms with E-state index in [2.05, 4.69) is 4.98 Å². The van der Waals surface area contributed by atoms with Gasteiger partial charge < -0.3 is 14.5 Å². The average molecular weight is 355 g/mol. The van der Waals surface area contributed by atoms with Gasteiger partial charge in [-0.1, -0.05) is 18.2 Å². The van der Waals surface area contributed by atoms with Crippen LogP contribution >= 0.6 is 0 Å². The Morgan fingerprint density at radius 2 is 2.23 bits per heavy atom. The van der Waals surface area contributed by atoms with Crippen LogP contribution in [0.4, 0.5) is 0 Å². The van der Waals surface area contributed by atoms with E-state index in [1.165, 1.54) is 0 Å². The SMILES string of the molecule is COCCN1CC(C(=O)N(C)Cc2cccc3cnccc23)CCC1=O. The van der Waals surface area contributed by atoms with Crippen molar-refractivity contribution in [1.82, 2.24) is 14.8 Å². The molecule has 0 aliphatic carbocycles. The molecule has 2 aromatic rings. The maximum absolute atomic E-state index is 12.9. The highest BCUT2D eigenvalue weighted by molar-refractivity contribution is 5.86. The Bertz CT molecular complexity index is 787. The number of piperidine rings is 1. The molecule has 1 fully saturated rings. The largest absolute Gasteiger partial charge is 0.383 e. The Kier molecular flexibility index (Phi) is 5.83. The summed E-state index contributed by atoms with van der Waals surface area (Å²) in [7, 11) is 3.45. The van der Waals surface area contributed by atoms with Gasteiger partial charge >= 0.3 is 0 Å². The van der Waals surface area contributed by atoms with Crippen LogP contribution in [0, 0.1) is 5.92 Å². The number of amides is 2. The molecule has 1 aliphatic heterocycles. The summed E-state index contributed by atoms with van der Waals surface area (Å²) >= 11 is 0. The fourth-order valence-corrected chi connectivity index (χ4v) is 3.51. The summed E-state index contributed by atoms with van der Waals surface area (Å²) in [6.07, 6.45) is 4.65. The van der Waals surface area contributed by atoms with Gasteiger partial charge in [-0.2, -0.15) is 0 Å². The number of methoxy groups -OCH3 is 1. The van der Waals surface area contributed by atoms with Gasteiger partial charge in [0.1, 0.15) is 0 Å². The zero-order chi connectivity index (χ0) is 18.5. The molecule has 6 nitrogen and oxygen atoms in total. The normalized spacial score (nSPS) is 17.5. The van der Waals surface area contributed by atoms with Gasteiger partial charge in [0, 0.05) is 58.0 Å². The molecule has 1 aromatic heterocycles. The predicted molar refractivity (Wildman–Crippen MR) is 99.4 cm³/mol. The molecular weight excluding hydrogens is 330 g/mol. The number of pyridine rings is 1. The number of hydrogen-bond donors (Lipinski definition) is 0. The second kappa shape index (κ2) is 8.27. The third kappa shape index (κ3) is 4.02. The van der Waals surface area contributed by atoms with Crippen LogP contribution in [0.25, 0.3) is 10.8 Å². The van der Waals surface area contributed by atoms with E-state index in [0.717, 1.165) is 16.3 Å². The molecule has 1 aromatic carbocycles. The lowest BCUT2D eigenvalue weighted by Crippen LogP contribution is -2.47. The van der Waals surface area contributed by atoms with E-state index in [1.54, 1.807) is 23.1 Å². The van der Waals surface area contributed by atoms with Crippen molar-refractivity contribution in [3.8, 4) is 0 Å². The second-order valence-corrected chi connectivity index (χ2v) is 6.78. The molecule has 0 radical (unpaired) electrons. The predicted octanol–water partition coefficient (Wildman–Crippen LogP) is 2.08. The van der Waals surface area contributed by atoms with E-state index in [0.29, 0.717) is 39.1 Å².